The quantitative estimate of drug-likeness (QED) is 0.854. The molecule has 0 bridgehead atoms. The molecule has 1 fully saturated rings. The van der Waals surface area contributed by atoms with E-state index in [0.29, 0.717) is 37.9 Å². The highest BCUT2D eigenvalue weighted by Crippen LogP contribution is 2.35. The molecule has 2 rings (SSSR count). The van der Waals surface area contributed by atoms with Crippen LogP contribution >= 0.6 is 0 Å². The zero-order chi connectivity index (χ0) is 15.5. The van der Waals surface area contributed by atoms with E-state index in [1.165, 1.54) is 6.07 Å². The Bertz CT molecular complexity index is 537. The number of alkyl halides is 3. The number of anilines is 1. The van der Waals surface area contributed by atoms with E-state index in [2.05, 4.69) is 0 Å². The lowest BCUT2D eigenvalue weighted by Gasteiger charge is -2.20. The minimum atomic E-state index is -4.51. The number of rotatable bonds is 4. The monoisotopic (exact) mass is 298 g/mol. The van der Waals surface area contributed by atoms with Gasteiger partial charge in [0, 0.05) is 31.3 Å². The molecule has 0 unspecified atom stereocenters. The highest BCUT2D eigenvalue weighted by molar-refractivity contribution is 5.55. The van der Waals surface area contributed by atoms with Gasteiger partial charge in [-0.15, -0.1) is 0 Å². The van der Waals surface area contributed by atoms with Gasteiger partial charge in [0.05, 0.1) is 23.8 Å². The highest BCUT2D eigenvalue weighted by atomic mass is 19.4. The van der Waals surface area contributed by atoms with Crippen LogP contribution in [0.25, 0.3) is 0 Å². The maximum atomic E-state index is 13.0. The molecule has 0 amide bonds. The molecule has 0 spiro atoms. The Labute approximate surface area is 121 Å². The van der Waals surface area contributed by atoms with Gasteiger partial charge in [-0.2, -0.15) is 18.4 Å². The van der Waals surface area contributed by atoms with Gasteiger partial charge in [-0.05, 0) is 31.5 Å². The lowest BCUT2D eigenvalue weighted by molar-refractivity contribution is -0.137. The molecule has 1 atom stereocenters. The van der Waals surface area contributed by atoms with Gasteiger partial charge in [-0.25, -0.2) is 0 Å². The van der Waals surface area contributed by atoms with Crippen molar-refractivity contribution in [3.63, 3.8) is 0 Å². The summed E-state index contributed by atoms with van der Waals surface area (Å²) in [5.74, 6) is 0.343. The van der Waals surface area contributed by atoms with Gasteiger partial charge in [0.1, 0.15) is 0 Å². The van der Waals surface area contributed by atoms with E-state index < -0.39 is 11.7 Å². The van der Waals surface area contributed by atoms with Crippen molar-refractivity contribution in [3.05, 3.63) is 29.3 Å². The van der Waals surface area contributed by atoms with Crippen molar-refractivity contribution >= 4 is 5.69 Å². The average molecular weight is 298 g/mol. The fraction of sp³-hybridized carbons (Fsp3) is 0.533. The molecule has 3 nitrogen and oxygen atoms in total. The third-order valence-electron chi connectivity index (χ3n) is 3.64. The van der Waals surface area contributed by atoms with Crippen LogP contribution in [0.3, 0.4) is 0 Å². The molecule has 0 aliphatic carbocycles. The summed E-state index contributed by atoms with van der Waals surface area (Å²) >= 11 is 0. The van der Waals surface area contributed by atoms with Gasteiger partial charge in [0.15, 0.2) is 0 Å². The standard InChI is InChI=1S/C15H17F3N2O/c1-2-21-10-11-5-6-20(9-11)13-4-3-12(8-19)14(7-13)15(16,17)18/h3-4,7,11H,2,5-6,9-10H2,1H3/t11-/m1/s1. The molecule has 0 radical (unpaired) electrons. The van der Waals surface area contributed by atoms with E-state index in [0.717, 1.165) is 12.5 Å². The van der Waals surface area contributed by atoms with Crippen LogP contribution in [0.4, 0.5) is 18.9 Å². The van der Waals surface area contributed by atoms with Crippen molar-refractivity contribution in [1.82, 2.24) is 0 Å². The highest BCUT2D eigenvalue weighted by Gasteiger charge is 2.34. The first-order valence-electron chi connectivity index (χ1n) is 6.89. The van der Waals surface area contributed by atoms with Crippen molar-refractivity contribution in [1.29, 1.82) is 5.26 Å². The zero-order valence-electron chi connectivity index (χ0n) is 11.8. The summed E-state index contributed by atoms with van der Waals surface area (Å²) in [6.45, 7) is 4.59. The molecule has 1 aromatic rings. The first kappa shape index (κ1) is 15.6. The third-order valence-corrected chi connectivity index (χ3v) is 3.64. The predicted molar refractivity (Wildman–Crippen MR) is 73.0 cm³/mol. The van der Waals surface area contributed by atoms with Crippen LogP contribution in [-0.4, -0.2) is 26.3 Å². The van der Waals surface area contributed by atoms with E-state index >= 15 is 0 Å². The van der Waals surface area contributed by atoms with Crippen molar-refractivity contribution in [2.75, 3.05) is 31.2 Å². The largest absolute Gasteiger partial charge is 0.417 e. The molecule has 0 aromatic heterocycles. The maximum Gasteiger partial charge on any atom is 0.417 e. The number of ether oxygens (including phenoxy) is 1. The van der Waals surface area contributed by atoms with Crippen LogP contribution in [0.5, 0.6) is 0 Å². The molecule has 1 aliphatic heterocycles. The van der Waals surface area contributed by atoms with Crippen LogP contribution in [0.15, 0.2) is 18.2 Å². The third kappa shape index (κ3) is 3.67. The molecule has 1 aromatic carbocycles. The summed E-state index contributed by atoms with van der Waals surface area (Å²) in [5, 5.41) is 8.80. The fourth-order valence-electron chi connectivity index (χ4n) is 2.55. The molecule has 6 heteroatoms. The van der Waals surface area contributed by atoms with Gasteiger partial charge in [0.25, 0.3) is 0 Å². The van der Waals surface area contributed by atoms with Gasteiger partial charge in [-0.1, -0.05) is 0 Å². The molecule has 0 saturated carbocycles. The second-order valence-corrected chi connectivity index (χ2v) is 5.10. The van der Waals surface area contributed by atoms with Crippen LogP contribution in [0, 0.1) is 17.2 Å². The Balaban J connectivity index is 2.17. The van der Waals surface area contributed by atoms with Gasteiger partial charge >= 0.3 is 6.18 Å². The topological polar surface area (TPSA) is 36.3 Å². The van der Waals surface area contributed by atoms with Crippen LogP contribution in [-0.2, 0) is 10.9 Å². The summed E-state index contributed by atoms with van der Waals surface area (Å²) < 4.78 is 44.2. The summed E-state index contributed by atoms with van der Waals surface area (Å²) in [5.41, 5.74) is -0.688. The number of hydrogen-bond acceptors (Lipinski definition) is 3. The normalized spacial score (nSPS) is 18.8. The lowest BCUT2D eigenvalue weighted by atomic mass is 10.1. The minimum Gasteiger partial charge on any atom is -0.381 e. The second-order valence-electron chi connectivity index (χ2n) is 5.10. The number of nitrogens with zero attached hydrogens (tertiary/aromatic N) is 2. The number of benzene rings is 1. The Kier molecular flexibility index (Phi) is 4.73. The van der Waals surface area contributed by atoms with Gasteiger partial charge < -0.3 is 9.64 Å². The zero-order valence-corrected chi connectivity index (χ0v) is 11.8. The van der Waals surface area contributed by atoms with Crippen LogP contribution in [0.1, 0.15) is 24.5 Å². The molecule has 1 saturated heterocycles. The average Bonchev–Trinajstić information content (AvgIpc) is 2.92. The Morgan fingerprint density at radius 3 is 2.81 bits per heavy atom. The smallest absolute Gasteiger partial charge is 0.381 e. The van der Waals surface area contributed by atoms with Crippen LogP contribution < -0.4 is 4.90 Å². The van der Waals surface area contributed by atoms with Gasteiger partial charge in [-0.3, -0.25) is 0 Å². The summed E-state index contributed by atoms with van der Waals surface area (Å²) in [4.78, 5) is 1.92. The van der Waals surface area contributed by atoms with Gasteiger partial charge in [0.2, 0.25) is 0 Å². The Morgan fingerprint density at radius 1 is 1.43 bits per heavy atom. The van der Waals surface area contributed by atoms with E-state index in [4.69, 9.17) is 10.00 Å². The van der Waals surface area contributed by atoms with E-state index in [9.17, 15) is 13.2 Å². The molecular weight excluding hydrogens is 281 g/mol. The lowest BCUT2D eigenvalue weighted by Crippen LogP contribution is -2.22. The fourth-order valence-corrected chi connectivity index (χ4v) is 2.55. The first-order chi connectivity index (χ1) is 9.95. The van der Waals surface area contributed by atoms with Crippen LogP contribution in [0.2, 0.25) is 0 Å². The number of halogens is 3. The van der Waals surface area contributed by atoms with E-state index in [1.807, 2.05) is 11.8 Å². The van der Waals surface area contributed by atoms with Crippen molar-refractivity contribution in [3.8, 4) is 6.07 Å². The minimum absolute atomic E-state index is 0.337. The Morgan fingerprint density at radius 2 is 2.19 bits per heavy atom. The number of hydrogen-bond donors (Lipinski definition) is 0. The van der Waals surface area contributed by atoms with Crippen molar-refractivity contribution in [2.24, 2.45) is 5.92 Å². The SMILES string of the molecule is CCOC[C@@H]1CCN(c2ccc(C#N)c(C(F)(F)F)c2)C1. The van der Waals surface area contributed by atoms with Crippen molar-refractivity contribution in [2.45, 2.75) is 19.5 Å². The molecule has 0 N–H and O–H groups in total. The molecular formula is C15H17F3N2O. The molecule has 21 heavy (non-hydrogen) atoms. The number of nitriles is 1. The van der Waals surface area contributed by atoms with E-state index in [-0.39, 0.29) is 5.56 Å². The Hall–Kier alpha value is -1.74. The second kappa shape index (κ2) is 6.35. The van der Waals surface area contributed by atoms with E-state index in [1.54, 1.807) is 12.1 Å². The summed E-state index contributed by atoms with van der Waals surface area (Å²) in [6, 6.07) is 5.49. The summed E-state index contributed by atoms with van der Waals surface area (Å²) in [6.07, 6.45) is -3.60. The summed E-state index contributed by atoms with van der Waals surface area (Å²) in [7, 11) is 0. The predicted octanol–water partition coefficient (Wildman–Crippen LogP) is 3.44. The molecule has 1 aliphatic rings. The first-order valence-corrected chi connectivity index (χ1v) is 6.89. The maximum absolute atomic E-state index is 13.0. The van der Waals surface area contributed by atoms with Crippen molar-refractivity contribution < 1.29 is 17.9 Å². The molecule has 1 heterocycles. The molecule has 114 valence electrons.